The fraction of sp³-hybridized carbons (Fsp3) is 0.414. The van der Waals surface area contributed by atoms with Crippen LogP contribution < -0.4 is 4.90 Å². The molecule has 1 aromatic heterocycles. The van der Waals surface area contributed by atoms with Crippen LogP contribution in [0.4, 0.5) is 5.82 Å². The highest BCUT2D eigenvalue weighted by molar-refractivity contribution is 6.30. The Kier molecular flexibility index (Phi) is 7.42. The van der Waals surface area contributed by atoms with Crippen LogP contribution in [0.1, 0.15) is 53.6 Å². The van der Waals surface area contributed by atoms with E-state index in [-0.39, 0.29) is 11.8 Å². The van der Waals surface area contributed by atoms with E-state index >= 15 is 0 Å². The molecule has 7 heteroatoms. The molecule has 2 aliphatic rings. The Bertz CT molecular complexity index is 1270. The first-order valence-corrected chi connectivity index (χ1v) is 13.3. The smallest absolute Gasteiger partial charge is 0.254 e. The maximum absolute atomic E-state index is 13.7. The lowest BCUT2D eigenvalue weighted by molar-refractivity contribution is -0.127. The van der Waals surface area contributed by atoms with Gasteiger partial charge in [0.2, 0.25) is 5.91 Å². The first-order chi connectivity index (χ1) is 17.5. The fourth-order valence-electron chi connectivity index (χ4n) is 5.30. The van der Waals surface area contributed by atoms with Crippen molar-refractivity contribution in [1.82, 2.24) is 14.8 Å². The standard InChI is InChI=1S/C29H33ClN4O2/c1-21-10-11-26-23(17-21)18-24(28(31-26)33-12-2-3-13-33)20-34(16-6-15-32-14-5-9-27(32)35)29(36)22-7-4-8-25(30)19-22/h4,7-8,10-11,17-19H,2-3,5-6,9,12-16,20H2,1H3. The fourth-order valence-corrected chi connectivity index (χ4v) is 5.49. The van der Waals surface area contributed by atoms with E-state index in [1.807, 2.05) is 21.9 Å². The number of aryl methyl sites for hydroxylation is 1. The highest BCUT2D eigenvalue weighted by Gasteiger charge is 2.24. The Morgan fingerprint density at radius 1 is 1.06 bits per heavy atom. The lowest BCUT2D eigenvalue weighted by atomic mass is 10.1. The predicted molar refractivity (Wildman–Crippen MR) is 145 cm³/mol. The van der Waals surface area contributed by atoms with Crippen molar-refractivity contribution >= 4 is 40.1 Å². The molecule has 0 saturated carbocycles. The first kappa shape index (κ1) is 24.6. The summed E-state index contributed by atoms with van der Waals surface area (Å²) in [6.45, 7) is 6.55. The number of carbonyl (C=O) groups is 2. The van der Waals surface area contributed by atoms with Crippen molar-refractivity contribution in [2.45, 2.75) is 45.6 Å². The van der Waals surface area contributed by atoms with Crippen LogP contribution in [0.5, 0.6) is 0 Å². The third-order valence-electron chi connectivity index (χ3n) is 7.18. The van der Waals surface area contributed by atoms with Crippen LogP contribution in [0.15, 0.2) is 48.5 Å². The summed E-state index contributed by atoms with van der Waals surface area (Å²) in [5, 5.41) is 1.63. The van der Waals surface area contributed by atoms with E-state index in [1.165, 1.54) is 5.56 Å². The molecule has 6 nitrogen and oxygen atoms in total. The summed E-state index contributed by atoms with van der Waals surface area (Å²) in [6, 6.07) is 15.7. The van der Waals surface area contributed by atoms with Crippen molar-refractivity contribution in [2.24, 2.45) is 0 Å². The molecule has 3 heterocycles. The van der Waals surface area contributed by atoms with Gasteiger partial charge in [0, 0.05) is 67.2 Å². The molecule has 0 unspecified atom stereocenters. The second-order valence-corrected chi connectivity index (χ2v) is 10.4. The van der Waals surface area contributed by atoms with Gasteiger partial charge in [0.05, 0.1) is 5.52 Å². The number of carbonyl (C=O) groups excluding carboxylic acids is 2. The van der Waals surface area contributed by atoms with Crippen molar-refractivity contribution in [2.75, 3.05) is 37.6 Å². The van der Waals surface area contributed by atoms with Crippen LogP contribution in [0, 0.1) is 6.92 Å². The lowest BCUT2D eigenvalue weighted by Gasteiger charge is -2.27. The molecule has 188 valence electrons. The van der Waals surface area contributed by atoms with Crippen LogP contribution in [0.3, 0.4) is 0 Å². The minimum atomic E-state index is -0.0537. The van der Waals surface area contributed by atoms with Crippen LogP contribution in [-0.2, 0) is 11.3 Å². The Morgan fingerprint density at radius 3 is 2.64 bits per heavy atom. The molecule has 2 saturated heterocycles. The third-order valence-corrected chi connectivity index (χ3v) is 7.41. The second kappa shape index (κ2) is 10.9. The number of likely N-dealkylation sites (tertiary alicyclic amines) is 1. The topological polar surface area (TPSA) is 56.8 Å². The summed E-state index contributed by atoms with van der Waals surface area (Å²) in [7, 11) is 0. The highest BCUT2D eigenvalue weighted by Crippen LogP contribution is 2.29. The van der Waals surface area contributed by atoms with Crippen molar-refractivity contribution in [3.63, 3.8) is 0 Å². The van der Waals surface area contributed by atoms with Crippen LogP contribution in [-0.4, -0.2) is 59.3 Å². The van der Waals surface area contributed by atoms with Gasteiger partial charge in [0.15, 0.2) is 0 Å². The van der Waals surface area contributed by atoms with Gasteiger partial charge in [-0.25, -0.2) is 4.98 Å². The van der Waals surface area contributed by atoms with Crippen LogP contribution >= 0.6 is 11.6 Å². The van der Waals surface area contributed by atoms with Gasteiger partial charge in [-0.3, -0.25) is 9.59 Å². The summed E-state index contributed by atoms with van der Waals surface area (Å²) in [4.78, 5) is 37.0. The summed E-state index contributed by atoms with van der Waals surface area (Å²) in [5.74, 6) is 1.14. The molecular formula is C29H33ClN4O2. The Morgan fingerprint density at radius 2 is 1.89 bits per heavy atom. The number of rotatable bonds is 8. The average molecular weight is 505 g/mol. The maximum Gasteiger partial charge on any atom is 0.254 e. The molecule has 0 aliphatic carbocycles. The summed E-state index contributed by atoms with van der Waals surface area (Å²) in [6.07, 6.45) is 4.60. The summed E-state index contributed by atoms with van der Waals surface area (Å²) < 4.78 is 0. The number of nitrogens with zero attached hydrogens (tertiary/aromatic N) is 4. The monoisotopic (exact) mass is 504 g/mol. The van der Waals surface area contributed by atoms with E-state index in [0.29, 0.717) is 36.6 Å². The van der Waals surface area contributed by atoms with Crippen molar-refractivity contribution in [3.05, 3.63) is 70.2 Å². The number of benzene rings is 2. The van der Waals surface area contributed by atoms with Crippen LogP contribution in [0.25, 0.3) is 10.9 Å². The molecule has 5 rings (SSSR count). The number of pyridine rings is 1. The van der Waals surface area contributed by atoms with E-state index in [4.69, 9.17) is 16.6 Å². The Hall–Kier alpha value is -3.12. The van der Waals surface area contributed by atoms with Gasteiger partial charge >= 0.3 is 0 Å². The van der Waals surface area contributed by atoms with Crippen molar-refractivity contribution in [3.8, 4) is 0 Å². The molecule has 0 atom stereocenters. The number of hydrogen-bond acceptors (Lipinski definition) is 4. The van der Waals surface area contributed by atoms with Crippen LogP contribution in [0.2, 0.25) is 5.02 Å². The minimum absolute atomic E-state index is 0.0537. The Balaban J connectivity index is 1.46. The number of anilines is 1. The molecule has 0 spiro atoms. The van der Waals surface area contributed by atoms with E-state index < -0.39 is 0 Å². The van der Waals surface area contributed by atoms with Crippen molar-refractivity contribution in [1.29, 1.82) is 0 Å². The largest absolute Gasteiger partial charge is 0.356 e. The normalized spacial score (nSPS) is 15.8. The zero-order chi connectivity index (χ0) is 25.1. The van der Waals surface area contributed by atoms with Gasteiger partial charge in [0.25, 0.3) is 5.91 Å². The quantitative estimate of drug-likeness (QED) is 0.409. The van der Waals surface area contributed by atoms with Gasteiger partial charge in [-0.15, -0.1) is 0 Å². The lowest BCUT2D eigenvalue weighted by Crippen LogP contribution is -2.35. The predicted octanol–water partition coefficient (Wildman–Crippen LogP) is 5.45. The molecule has 2 aliphatic heterocycles. The first-order valence-electron chi connectivity index (χ1n) is 13.0. The molecular weight excluding hydrogens is 472 g/mol. The van der Waals surface area contributed by atoms with Gasteiger partial charge in [-0.1, -0.05) is 29.3 Å². The molecule has 2 amide bonds. The van der Waals surface area contributed by atoms with E-state index in [1.54, 1.807) is 12.1 Å². The number of hydrogen-bond donors (Lipinski definition) is 0. The van der Waals surface area contributed by atoms with E-state index in [2.05, 4.69) is 36.1 Å². The maximum atomic E-state index is 13.7. The zero-order valence-corrected chi connectivity index (χ0v) is 21.6. The molecule has 0 N–H and O–H groups in total. The van der Waals surface area contributed by atoms with Crippen molar-refractivity contribution < 1.29 is 9.59 Å². The molecule has 3 aromatic rings. The highest BCUT2D eigenvalue weighted by atomic mass is 35.5. The van der Waals surface area contributed by atoms with E-state index in [9.17, 15) is 9.59 Å². The van der Waals surface area contributed by atoms with Gasteiger partial charge in [-0.05, 0) is 69.0 Å². The third kappa shape index (κ3) is 5.49. The van der Waals surface area contributed by atoms with Gasteiger partial charge in [-0.2, -0.15) is 0 Å². The number of amides is 2. The Labute approximate surface area is 217 Å². The molecule has 0 bridgehead atoms. The number of halogens is 1. The second-order valence-electron chi connectivity index (χ2n) is 9.94. The molecule has 0 radical (unpaired) electrons. The minimum Gasteiger partial charge on any atom is -0.356 e. The number of fused-ring (bicyclic) bond motifs is 1. The van der Waals surface area contributed by atoms with E-state index in [0.717, 1.165) is 67.6 Å². The number of aromatic nitrogens is 1. The molecule has 2 aromatic carbocycles. The van der Waals surface area contributed by atoms with Gasteiger partial charge in [0.1, 0.15) is 5.82 Å². The molecule has 36 heavy (non-hydrogen) atoms. The average Bonchev–Trinajstić information content (AvgIpc) is 3.55. The summed E-state index contributed by atoms with van der Waals surface area (Å²) in [5.41, 5.74) is 3.80. The zero-order valence-electron chi connectivity index (χ0n) is 20.9. The SMILES string of the molecule is Cc1ccc2nc(N3CCCC3)c(CN(CCCN3CCCC3=O)C(=O)c3cccc(Cl)c3)cc2c1. The van der Waals surface area contributed by atoms with Gasteiger partial charge < -0.3 is 14.7 Å². The summed E-state index contributed by atoms with van der Waals surface area (Å²) >= 11 is 6.22. The molecule has 2 fully saturated rings.